The summed E-state index contributed by atoms with van der Waals surface area (Å²) in [6.45, 7) is 2.11. The molecule has 4 rings (SSSR count). The largest absolute Gasteiger partial charge is 0.462 e. The van der Waals surface area contributed by atoms with Gasteiger partial charge in [-0.15, -0.1) is 10.2 Å². The van der Waals surface area contributed by atoms with Crippen LogP contribution in [0.1, 0.15) is 17.3 Å². The van der Waals surface area contributed by atoms with Crippen molar-refractivity contribution in [2.45, 2.75) is 6.92 Å². The van der Waals surface area contributed by atoms with Gasteiger partial charge in [0.1, 0.15) is 0 Å². The van der Waals surface area contributed by atoms with E-state index in [4.69, 9.17) is 4.74 Å². The molecule has 0 aliphatic heterocycles. The van der Waals surface area contributed by atoms with Gasteiger partial charge in [-0.1, -0.05) is 60.7 Å². The van der Waals surface area contributed by atoms with Crippen LogP contribution in [-0.2, 0) is 4.74 Å². The van der Waals surface area contributed by atoms with Crippen LogP contribution in [-0.4, -0.2) is 22.5 Å². The number of rotatable bonds is 6. The normalized spacial score (nSPS) is 11.0. The Balaban J connectivity index is 1.63. The maximum absolute atomic E-state index is 11.8. The number of nitrogens with one attached hydrogen (secondary N) is 1. The van der Waals surface area contributed by atoms with E-state index in [0.717, 1.165) is 22.5 Å². The molecule has 0 spiro atoms. The number of carbonyl (C=O) groups is 1. The zero-order chi connectivity index (χ0) is 20.8. The molecule has 0 atom stereocenters. The van der Waals surface area contributed by atoms with Crippen LogP contribution in [0, 0.1) is 0 Å². The van der Waals surface area contributed by atoms with Gasteiger partial charge < -0.3 is 9.72 Å². The van der Waals surface area contributed by atoms with E-state index in [2.05, 4.69) is 20.2 Å². The van der Waals surface area contributed by atoms with Crippen molar-refractivity contribution >= 4 is 17.6 Å². The van der Waals surface area contributed by atoms with Crippen molar-refractivity contribution in [3.05, 3.63) is 90.5 Å². The van der Waals surface area contributed by atoms with Crippen molar-refractivity contribution in [3.63, 3.8) is 0 Å². The monoisotopic (exact) mass is 396 g/mol. The molecule has 0 saturated heterocycles. The predicted octanol–water partition coefficient (Wildman–Crippen LogP) is 6.34. The molecule has 148 valence electrons. The summed E-state index contributed by atoms with van der Waals surface area (Å²) in [6.07, 6.45) is 0. The number of hydrogen-bond donors (Lipinski definition) is 1. The Kier molecular flexibility index (Phi) is 5.75. The molecule has 0 unspecified atom stereocenters. The molecular formula is C24H20N4O2. The lowest BCUT2D eigenvalue weighted by Crippen LogP contribution is -2.03. The van der Waals surface area contributed by atoms with E-state index in [1.807, 2.05) is 60.7 Å². The van der Waals surface area contributed by atoms with Gasteiger partial charge in [-0.3, -0.25) is 0 Å². The third-order valence-corrected chi connectivity index (χ3v) is 4.44. The van der Waals surface area contributed by atoms with E-state index in [9.17, 15) is 4.79 Å². The average Bonchev–Trinajstić information content (AvgIpc) is 3.24. The minimum absolute atomic E-state index is 0.340. The van der Waals surface area contributed by atoms with Crippen molar-refractivity contribution in [1.29, 1.82) is 0 Å². The van der Waals surface area contributed by atoms with E-state index in [-0.39, 0.29) is 5.97 Å². The smallest absolute Gasteiger partial charge is 0.338 e. The van der Waals surface area contributed by atoms with Crippen molar-refractivity contribution in [2.24, 2.45) is 10.2 Å². The Morgan fingerprint density at radius 2 is 1.50 bits per heavy atom. The molecular weight excluding hydrogens is 376 g/mol. The lowest BCUT2D eigenvalue weighted by atomic mass is 10.1. The SMILES string of the molecule is CCOC(=O)c1ccc(N=Nc2nc(-c3ccccc3)c(-c3ccccc3)[nH]2)cc1. The molecule has 6 nitrogen and oxygen atoms in total. The van der Waals surface area contributed by atoms with E-state index in [1.165, 1.54) is 0 Å². The molecule has 0 bridgehead atoms. The van der Waals surface area contributed by atoms with Crippen LogP contribution in [0.4, 0.5) is 11.6 Å². The van der Waals surface area contributed by atoms with Gasteiger partial charge in [0.05, 0.1) is 29.2 Å². The van der Waals surface area contributed by atoms with Gasteiger partial charge in [-0.2, -0.15) is 0 Å². The summed E-state index contributed by atoms with van der Waals surface area (Å²) in [7, 11) is 0. The molecule has 1 aromatic heterocycles. The van der Waals surface area contributed by atoms with Gasteiger partial charge in [0.2, 0.25) is 5.95 Å². The minimum Gasteiger partial charge on any atom is -0.462 e. The Morgan fingerprint density at radius 1 is 0.867 bits per heavy atom. The van der Waals surface area contributed by atoms with Gasteiger partial charge in [0.25, 0.3) is 0 Å². The molecule has 0 amide bonds. The first-order valence-electron chi connectivity index (χ1n) is 9.64. The highest BCUT2D eigenvalue weighted by molar-refractivity contribution is 5.89. The summed E-state index contributed by atoms with van der Waals surface area (Å²) in [4.78, 5) is 19.7. The summed E-state index contributed by atoms with van der Waals surface area (Å²) in [6, 6.07) is 26.7. The fourth-order valence-corrected chi connectivity index (χ4v) is 3.01. The number of azo groups is 1. The topological polar surface area (TPSA) is 79.7 Å². The van der Waals surface area contributed by atoms with E-state index in [0.29, 0.717) is 23.8 Å². The van der Waals surface area contributed by atoms with E-state index >= 15 is 0 Å². The Labute approximate surface area is 174 Å². The predicted molar refractivity (Wildman–Crippen MR) is 116 cm³/mol. The average molecular weight is 396 g/mol. The Morgan fingerprint density at radius 3 is 2.13 bits per heavy atom. The zero-order valence-electron chi connectivity index (χ0n) is 16.4. The van der Waals surface area contributed by atoms with Gasteiger partial charge in [-0.25, -0.2) is 9.78 Å². The summed E-state index contributed by atoms with van der Waals surface area (Å²) in [5.74, 6) is 0.0502. The number of ether oxygens (including phenoxy) is 1. The second-order valence-corrected chi connectivity index (χ2v) is 6.48. The third-order valence-electron chi connectivity index (χ3n) is 4.44. The number of nitrogens with zero attached hydrogens (tertiary/aromatic N) is 3. The highest BCUT2D eigenvalue weighted by Crippen LogP contribution is 2.32. The molecule has 0 aliphatic rings. The summed E-state index contributed by atoms with van der Waals surface area (Å²) < 4.78 is 4.99. The fourth-order valence-electron chi connectivity index (χ4n) is 3.01. The molecule has 1 heterocycles. The maximum Gasteiger partial charge on any atom is 0.338 e. The number of imidazole rings is 1. The molecule has 4 aromatic rings. The zero-order valence-corrected chi connectivity index (χ0v) is 16.4. The van der Waals surface area contributed by atoms with Crippen molar-refractivity contribution in [3.8, 4) is 22.5 Å². The van der Waals surface area contributed by atoms with Crippen LogP contribution >= 0.6 is 0 Å². The number of carbonyl (C=O) groups excluding carboxylic acids is 1. The molecule has 6 heteroatoms. The molecule has 3 aromatic carbocycles. The molecule has 0 fully saturated rings. The molecule has 0 radical (unpaired) electrons. The quantitative estimate of drug-likeness (QED) is 0.305. The number of benzene rings is 3. The summed E-state index contributed by atoms with van der Waals surface area (Å²) >= 11 is 0. The summed E-state index contributed by atoms with van der Waals surface area (Å²) in [5, 5.41) is 8.51. The van der Waals surface area contributed by atoms with Crippen molar-refractivity contribution in [1.82, 2.24) is 9.97 Å². The molecule has 0 saturated carbocycles. The van der Waals surface area contributed by atoms with Crippen LogP contribution < -0.4 is 0 Å². The van der Waals surface area contributed by atoms with E-state index < -0.39 is 0 Å². The second kappa shape index (κ2) is 8.96. The lowest BCUT2D eigenvalue weighted by molar-refractivity contribution is 0.0526. The van der Waals surface area contributed by atoms with Crippen LogP contribution in [0.5, 0.6) is 0 Å². The standard InChI is InChI=1S/C24H20N4O2/c1-2-30-23(29)19-13-15-20(16-14-19)27-28-24-25-21(17-9-5-3-6-10-17)22(26-24)18-11-7-4-8-12-18/h3-16H,2H2,1H3,(H,25,26). The highest BCUT2D eigenvalue weighted by atomic mass is 16.5. The third kappa shape index (κ3) is 4.33. The number of hydrogen-bond acceptors (Lipinski definition) is 5. The minimum atomic E-state index is -0.355. The van der Waals surface area contributed by atoms with Gasteiger partial charge in [-0.05, 0) is 31.2 Å². The number of H-pyrrole nitrogens is 1. The Bertz CT molecular complexity index is 1090. The van der Waals surface area contributed by atoms with Crippen LogP contribution in [0.2, 0.25) is 0 Å². The van der Waals surface area contributed by atoms with Crippen molar-refractivity contribution in [2.75, 3.05) is 6.61 Å². The second-order valence-electron chi connectivity index (χ2n) is 6.48. The van der Waals surface area contributed by atoms with Gasteiger partial charge in [0, 0.05) is 11.1 Å². The number of aromatic nitrogens is 2. The first-order valence-corrected chi connectivity index (χ1v) is 9.64. The van der Waals surface area contributed by atoms with Crippen LogP contribution in [0.15, 0.2) is 95.2 Å². The van der Waals surface area contributed by atoms with Crippen molar-refractivity contribution < 1.29 is 9.53 Å². The molecule has 1 N–H and O–H groups in total. The van der Waals surface area contributed by atoms with Crippen LogP contribution in [0.25, 0.3) is 22.5 Å². The van der Waals surface area contributed by atoms with Gasteiger partial charge >= 0.3 is 5.97 Å². The van der Waals surface area contributed by atoms with Gasteiger partial charge in [0.15, 0.2) is 0 Å². The lowest BCUT2D eigenvalue weighted by Gasteiger charge is -2.02. The Hall–Kier alpha value is -4.06. The first-order chi connectivity index (χ1) is 14.7. The number of esters is 1. The maximum atomic E-state index is 11.8. The van der Waals surface area contributed by atoms with Crippen LogP contribution in [0.3, 0.4) is 0 Å². The highest BCUT2D eigenvalue weighted by Gasteiger charge is 2.13. The molecule has 30 heavy (non-hydrogen) atoms. The van der Waals surface area contributed by atoms with E-state index in [1.54, 1.807) is 31.2 Å². The first kappa shape index (κ1) is 19.3. The summed E-state index contributed by atoms with van der Waals surface area (Å²) in [5.41, 5.74) is 4.80. The molecule has 0 aliphatic carbocycles. The fraction of sp³-hybridized carbons (Fsp3) is 0.0833. The number of aromatic amines is 1.